The molecule has 0 unspecified atom stereocenters. The van der Waals surface area contributed by atoms with Crippen LogP contribution in [0.25, 0.3) is 54.9 Å². The van der Waals surface area contributed by atoms with Gasteiger partial charge in [0.2, 0.25) is 0 Å². The molecule has 0 atom stereocenters. The second kappa shape index (κ2) is 16.9. The molecule has 0 aliphatic carbocycles. The third kappa shape index (κ3) is 8.04. The predicted molar refractivity (Wildman–Crippen MR) is 214 cm³/mol. The smallest absolute Gasteiger partial charge is 0.164 e. The molecule has 5 nitrogen and oxygen atoms in total. The zero-order chi connectivity index (χ0) is 37.1. The number of aliphatic hydroxyl groups is 1. The number of nitrogens with zero attached hydrogens (tertiary/aromatic N) is 2. The van der Waals surface area contributed by atoms with E-state index in [0.29, 0.717) is 5.92 Å². The first-order valence-electron chi connectivity index (χ1n) is 18.8. The van der Waals surface area contributed by atoms with E-state index < -0.39 is 0 Å². The maximum atomic E-state index is 12.2. The van der Waals surface area contributed by atoms with Crippen LogP contribution in [-0.2, 0) is 31.3 Å². The number of hydrogen-bond acceptors (Lipinski definition) is 5. The summed E-state index contributed by atoms with van der Waals surface area (Å²) in [6.45, 7) is 20.9. The number of furan rings is 1. The number of aliphatic hydroxyl groups excluding tert-OH is 1. The minimum atomic E-state index is -0.337. The van der Waals surface area contributed by atoms with Crippen LogP contribution in [0.1, 0.15) is 112 Å². The number of carbonyl (C=O) groups excluding carboxylic acids is 1. The first-order chi connectivity index (χ1) is 24.3. The summed E-state index contributed by atoms with van der Waals surface area (Å²) in [5.74, 6) is 1.89. The first-order valence-corrected chi connectivity index (χ1v) is 18.8. The van der Waals surface area contributed by atoms with Crippen LogP contribution < -0.4 is 0 Å². The number of hydrogen-bond donors (Lipinski definition) is 1. The van der Waals surface area contributed by atoms with Gasteiger partial charge in [-0.3, -0.25) is 9.78 Å². The molecule has 6 aromatic rings. The zero-order valence-corrected chi connectivity index (χ0v) is 35.0. The molecule has 0 amide bonds. The summed E-state index contributed by atoms with van der Waals surface area (Å²) in [6, 6.07) is 26.6. The summed E-state index contributed by atoms with van der Waals surface area (Å²) in [5, 5.41) is 15.8. The molecule has 0 saturated carbocycles. The van der Waals surface area contributed by atoms with Gasteiger partial charge in [0.05, 0.1) is 11.1 Å². The Morgan fingerprint density at radius 3 is 2.13 bits per heavy atom. The number of fused-ring (bicyclic) bond motifs is 6. The quantitative estimate of drug-likeness (QED) is 0.0607. The Hall–Kier alpha value is -3.86. The fourth-order valence-electron chi connectivity index (χ4n) is 6.66. The molecule has 0 bridgehead atoms. The van der Waals surface area contributed by atoms with Crippen LogP contribution in [0.3, 0.4) is 0 Å². The standard InChI is InChI=1S/C31H27N2O.C15H28O2.Ir/c1-18(2)17-21-10-7-9-20-15-16-24-28(32-31(19(3)4)33-29(24)27(20)21)25-13-8-12-23-22-11-5-6-14-26(22)34-30(23)25;1-7-14(5,8-2)12(16)11-13(17)15(6,9-3)10-4;/h5-12,14-16,18-19H,17H2,1-4H3;11,16H,7-10H2,1-6H3;/q-1;;/b;12-11-;. The summed E-state index contributed by atoms with van der Waals surface area (Å²) in [7, 11) is 0. The van der Waals surface area contributed by atoms with Crippen molar-refractivity contribution in [3.63, 3.8) is 0 Å². The number of aromatic nitrogens is 2. The molecule has 0 fully saturated rings. The zero-order valence-electron chi connectivity index (χ0n) is 32.6. The number of benzene rings is 4. The maximum absolute atomic E-state index is 12.2. The minimum Gasteiger partial charge on any atom is -0.512 e. The van der Waals surface area contributed by atoms with Gasteiger partial charge in [-0.05, 0) is 60.4 Å². The number of allylic oxidation sites excluding steroid dienone is 2. The van der Waals surface area contributed by atoms with Crippen molar-refractivity contribution in [2.45, 2.75) is 107 Å². The fraction of sp³-hybridized carbons (Fsp3) is 0.413. The number of carbonyl (C=O) groups is 1. The predicted octanol–water partition coefficient (Wildman–Crippen LogP) is 13.1. The molecular weight excluding hydrogens is 821 g/mol. The van der Waals surface area contributed by atoms with Crippen molar-refractivity contribution >= 4 is 49.4 Å². The van der Waals surface area contributed by atoms with Crippen molar-refractivity contribution in [1.82, 2.24) is 9.97 Å². The van der Waals surface area contributed by atoms with Gasteiger partial charge in [0.25, 0.3) is 0 Å². The van der Waals surface area contributed by atoms with Crippen LogP contribution in [0.4, 0.5) is 0 Å². The minimum absolute atomic E-state index is 0. The van der Waals surface area contributed by atoms with E-state index in [0.717, 1.165) is 82.0 Å². The van der Waals surface area contributed by atoms with E-state index in [-0.39, 0.29) is 48.4 Å². The molecule has 0 aliphatic rings. The molecule has 6 heteroatoms. The summed E-state index contributed by atoms with van der Waals surface area (Å²) in [6.07, 6.45) is 5.77. The Bertz CT molecular complexity index is 2200. The number of rotatable bonds is 11. The molecule has 0 spiro atoms. The molecule has 2 heterocycles. The van der Waals surface area contributed by atoms with Gasteiger partial charge in [0.1, 0.15) is 17.2 Å². The number of para-hydroxylation sites is 1. The van der Waals surface area contributed by atoms with Crippen LogP contribution in [0.5, 0.6) is 0 Å². The van der Waals surface area contributed by atoms with Gasteiger partial charge in [0.15, 0.2) is 5.78 Å². The van der Waals surface area contributed by atoms with Crippen molar-refractivity contribution in [1.29, 1.82) is 0 Å². The Morgan fingerprint density at radius 1 is 0.827 bits per heavy atom. The van der Waals surface area contributed by atoms with Crippen LogP contribution in [-0.4, -0.2) is 20.9 Å². The SMILES string of the molecule is CC(C)Cc1cccc2ccc3c(-c4[c-]ccc5c4oc4ccccc45)nc(C(C)C)nc3c12.CCC(C)(CC)C(=O)/C=C(\O)C(C)(CC)CC.[Ir]. The van der Waals surface area contributed by atoms with E-state index in [2.05, 4.69) is 76.2 Å². The van der Waals surface area contributed by atoms with Crippen LogP contribution in [0.2, 0.25) is 0 Å². The second-order valence-corrected chi connectivity index (χ2v) is 15.3. The normalized spacial score (nSPS) is 12.5. The Labute approximate surface area is 323 Å². The van der Waals surface area contributed by atoms with Gasteiger partial charge in [-0.15, -0.1) is 18.2 Å². The number of ketones is 1. The van der Waals surface area contributed by atoms with E-state index >= 15 is 0 Å². The van der Waals surface area contributed by atoms with Crippen molar-refractivity contribution < 1.29 is 34.4 Å². The van der Waals surface area contributed by atoms with Crippen molar-refractivity contribution in [3.8, 4) is 11.3 Å². The summed E-state index contributed by atoms with van der Waals surface area (Å²) in [4.78, 5) is 22.4. The van der Waals surface area contributed by atoms with E-state index in [1.807, 2.05) is 65.8 Å². The molecule has 1 N–H and O–H groups in total. The van der Waals surface area contributed by atoms with Gasteiger partial charge in [-0.1, -0.05) is 129 Å². The third-order valence-corrected chi connectivity index (χ3v) is 11.1. The molecule has 4 aromatic carbocycles. The molecule has 6 rings (SSSR count). The third-order valence-electron chi connectivity index (χ3n) is 11.1. The van der Waals surface area contributed by atoms with Gasteiger partial charge in [0, 0.05) is 59.4 Å². The summed E-state index contributed by atoms with van der Waals surface area (Å²) >= 11 is 0. The monoisotopic (exact) mass is 876 g/mol. The maximum Gasteiger partial charge on any atom is 0.164 e. The molecule has 2 aromatic heterocycles. The van der Waals surface area contributed by atoms with E-state index in [9.17, 15) is 9.90 Å². The molecule has 0 saturated heterocycles. The molecule has 52 heavy (non-hydrogen) atoms. The van der Waals surface area contributed by atoms with Crippen molar-refractivity contribution in [2.24, 2.45) is 16.7 Å². The van der Waals surface area contributed by atoms with Crippen molar-refractivity contribution in [2.75, 3.05) is 0 Å². The van der Waals surface area contributed by atoms with E-state index in [4.69, 9.17) is 14.4 Å². The largest absolute Gasteiger partial charge is 0.512 e. The van der Waals surface area contributed by atoms with E-state index in [1.165, 1.54) is 22.4 Å². The molecule has 1 radical (unpaired) electrons. The Balaban J connectivity index is 0.000000289. The average molecular weight is 876 g/mol. The van der Waals surface area contributed by atoms with Crippen LogP contribution in [0, 0.1) is 22.8 Å². The van der Waals surface area contributed by atoms with Gasteiger partial charge < -0.3 is 9.52 Å². The molecule has 0 aliphatic heterocycles. The summed E-state index contributed by atoms with van der Waals surface area (Å²) < 4.78 is 6.36. The van der Waals surface area contributed by atoms with Gasteiger partial charge >= 0.3 is 0 Å². The Kier molecular flexibility index (Phi) is 13.3. The van der Waals surface area contributed by atoms with E-state index in [1.54, 1.807) is 0 Å². The summed E-state index contributed by atoms with van der Waals surface area (Å²) in [5.41, 5.74) is 5.24. The molecule has 277 valence electrons. The van der Waals surface area contributed by atoms with Crippen LogP contribution in [0.15, 0.2) is 83.0 Å². The molecular formula is C46H55IrN2O3-. The topological polar surface area (TPSA) is 76.2 Å². The van der Waals surface area contributed by atoms with Gasteiger partial charge in [-0.25, -0.2) is 4.98 Å². The van der Waals surface area contributed by atoms with Gasteiger partial charge in [-0.2, -0.15) is 0 Å². The first kappa shape index (κ1) is 40.9. The van der Waals surface area contributed by atoms with Crippen molar-refractivity contribution in [3.05, 3.63) is 96.0 Å². The Morgan fingerprint density at radius 2 is 1.50 bits per heavy atom. The fourth-order valence-corrected chi connectivity index (χ4v) is 6.66. The second-order valence-electron chi connectivity index (χ2n) is 15.3. The van der Waals surface area contributed by atoms with Crippen LogP contribution >= 0.6 is 0 Å². The average Bonchev–Trinajstić information content (AvgIpc) is 3.52.